The van der Waals surface area contributed by atoms with E-state index in [1.54, 1.807) is 39.0 Å². The summed E-state index contributed by atoms with van der Waals surface area (Å²) >= 11 is 0. The third kappa shape index (κ3) is 7.06. The predicted molar refractivity (Wildman–Crippen MR) is 161 cm³/mol. The Bertz CT molecular complexity index is 1520. The monoisotopic (exact) mass is 597 g/mol. The quantitative estimate of drug-likeness (QED) is 0.343. The molecule has 0 saturated carbocycles. The second kappa shape index (κ2) is 12.7. The van der Waals surface area contributed by atoms with Gasteiger partial charge in [-0.1, -0.05) is 24.3 Å². The number of ether oxygens (including phenoxy) is 2. The summed E-state index contributed by atoms with van der Waals surface area (Å²) in [6.45, 7) is 6.02. The average molecular weight is 598 g/mol. The van der Waals surface area contributed by atoms with E-state index in [1.165, 1.54) is 18.3 Å². The standard InChI is InChI=1S/C30H39N5O6S/c1-29(2)18-30(3,37)19-40-14-5-6-15-41-26-21(16-32-4)8-7-9-23(26)35-28(36)25-27(31)33-17-24(34-25)20-10-12-22(13-11-20)42(29,38)39/h7-13,17,32,37H,5-6,14-16,18-19H2,1-4H3,(H2,31,33)(H,35,36). The van der Waals surface area contributed by atoms with E-state index in [0.717, 1.165) is 5.56 Å². The fourth-order valence-corrected chi connectivity index (χ4v) is 6.66. The molecule has 3 heterocycles. The van der Waals surface area contributed by atoms with E-state index in [9.17, 15) is 18.3 Å². The molecule has 0 aliphatic carbocycles. The van der Waals surface area contributed by atoms with Crippen LogP contribution in [0.2, 0.25) is 0 Å². The lowest BCUT2D eigenvalue weighted by molar-refractivity contribution is -0.0444. The van der Waals surface area contributed by atoms with Crippen LogP contribution < -0.4 is 21.1 Å². The number of carbonyl (C=O) groups excluding carboxylic acids is 1. The number of fused-ring (bicyclic) bond motifs is 13. The minimum absolute atomic E-state index is 0.00886. The summed E-state index contributed by atoms with van der Waals surface area (Å²) in [4.78, 5) is 22.1. The molecule has 1 atom stereocenters. The number of nitrogens with one attached hydrogen (secondary N) is 2. The fourth-order valence-electron chi connectivity index (χ4n) is 5.03. The highest BCUT2D eigenvalue weighted by Crippen LogP contribution is 2.34. The molecule has 0 radical (unpaired) electrons. The summed E-state index contributed by atoms with van der Waals surface area (Å²) in [6.07, 6.45) is 2.70. The fraction of sp³-hybridized carbons (Fsp3) is 0.433. The molecule has 11 nitrogen and oxygen atoms in total. The molecule has 0 fully saturated rings. The summed E-state index contributed by atoms with van der Waals surface area (Å²) < 4.78 is 37.7. The number of sulfone groups is 1. The minimum Gasteiger partial charge on any atom is -0.491 e. The van der Waals surface area contributed by atoms with Crippen LogP contribution in [-0.2, 0) is 21.1 Å². The average Bonchev–Trinajstić information content (AvgIpc) is 2.93. The van der Waals surface area contributed by atoms with E-state index in [-0.39, 0.29) is 29.4 Å². The second-order valence-corrected chi connectivity index (χ2v) is 13.9. The van der Waals surface area contributed by atoms with Gasteiger partial charge in [-0.25, -0.2) is 18.4 Å². The van der Waals surface area contributed by atoms with Crippen molar-refractivity contribution < 1.29 is 27.8 Å². The number of hydrogen-bond acceptors (Lipinski definition) is 10. The Morgan fingerprint density at radius 2 is 1.81 bits per heavy atom. The number of aromatic nitrogens is 2. The summed E-state index contributed by atoms with van der Waals surface area (Å²) in [5, 5.41) is 17.0. The number of nitrogens with two attached hydrogens (primary N) is 1. The van der Waals surface area contributed by atoms with Crippen molar-refractivity contribution in [2.45, 2.75) is 61.8 Å². The summed E-state index contributed by atoms with van der Waals surface area (Å²) in [6, 6.07) is 11.6. The van der Waals surface area contributed by atoms with Crippen molar-refractivity contribution in [2.24, 2.45) is 0 Å². The van der Waals surface area contributed by atoms with Gasteiger partial charge in [0.05, 0.1) is 46.0 Å². The maximum absolute atomic E-state index is 13.6. The normalized spacial score (nSPS) is 21.2. The molecule has 12 heteroatoms. The van der Waals surface area contributed by atoms with Gasteiger partial charge >= 0.3 is 0 Å². The van der Waals surface area contributed by atoms with E-state index in [0.29, 0.717) is 55.3 Å². The number of nitrogen functional groups attached to an aromatic ring is 1. The highest BCUT2D eigenvalue weighted by atomic mass is 32.2. The SMILES string of the molecule is CNCc1cccc2c1OCCCCOCC(C)(O)CC(C)(C)S(=O)(=O)c1ccc(cc1)-c1cnc(N)c(n1)C(=O)N2. The van der Waals surface area contributed by atoms with Crippen LogP contribution in [0.3, 0.4) is 0 Å². The first kappa shape index (κ1) is 31.4. The van der Waals surface area contributed by atoms with Crippen LogP contribution in [0, 0.1) is 0 Å². The molecule has 3 aromatic rings. The molecule has 5 N–H and O–H groups in total. The van der Waals surface area contributed by atoms with Gasteiger partial charge in [0, 0.05) is 24.3 Å². The number of anilines is 2. The first-order valence-electron chi connectivity index (χ1n) is 13.8. The lowest BCUT2D eigenvalue weighted by Gasteiger charge is -2.33. The zero-order valence-electron chi connectivity index (χ0n) is 24.4. The van der Waals surface area contributed by atoms with E-state index in [1.807, 2.05) is 19.2 Å². The Labute approximate surface area is 246 Å². The molecule has 1 amide bonds. The topological polar surface area (TPSA) is 166 Å². The third-order valence-electron chi connectivity index (χ3n) is 7.06. The molecule has 1 unspecified atom stereocenters. The number of nitrogens with zero attached hydrogens (tertiary/aromatic N) is 2. The second-order valence-electron chi connectivity index (χ2n) is 11.3. The Balaban J connectivity index is 1.73. The number of para-hydroxylation sites is 1. The molecule has 0 spiro atoms. The predicted octanol–water partition coefficient (Wildman–Crippen LogP) is 3.58. The van der Waals surface area contributed by atoms with Gasteiger partial charge in [0.2, 0.25) is 0 Å². The zero-order chi connectivity index (χ0) is 30.5. The largest absolute Gasteiger partial charge is 0.491 e. The lowest BCUT2D eigenvalue weighted by Crippen LogP contribution is -2.43. The van der Waals surface area contributed by atoms with Crippen LogP contribution in [0.25, 0.3) is 11.3 Å². The molecule has 42 heavy (non-hydrogen) atoms. The summed E-state index contributed by atoms with van der Waals surface area (Å²) in [5.41, 5.74) is 6.84. The number of aliphatic hydroxyl groups is 1. The van der Waals surface area contributed by atoms with Gasteiger partial charge in [-0.15, -0.1) is 0 Å². The van der Waals surface area contributed by atoms with Crippen molar-refractivity contribution in [1.82, 2.24) is 15.3 Å². The van der Waals surface area contributed by atoms with E-state index < -0.39 is 26.1 Å². The van der Waals surface area contributed by atoms with Gasteiger partial charge in [-0.2, -0.15) is 0 Å². The Morgan fingerprint density at radius 3 is 2.52 bits per heavy atom. The number of carbonyl (C=O) groups is 1. The van der Waals surface area contributed by atoms with Gasteiger partial charge in [0.1, 0.15) is 5.75 Å². The van der Waals surface area contributed by atoms with Gasteiger partial charge in [0.15, 0.2) is 21.3 Å². The van der Waals surface area contributed by atoms with Gasteiger partial charge in [0.25, 0.3) is 5.91 Å². The van der Waals surface area contributed by atoms with Crippen molar-refractivity contribution in [2.75, 3.05) is 37.9 Å². The number of amides is 1. The molecule has 2 aromatic carbocycles. The van der Waals surface area contributed by atoms with E-state index in [4.69, 9.17) is 15.2 Å². The third-order valence-corrected chi connectivity index (χ3v) is 9.56. The maximum atomic E-state index is 13.6. The molecule has 4 bridgehead atoms. The Morgan fingerprint density at radius 1 is 1.10 bits per heavy atom. The van der Waals surface area contributed by atoms with Crippen molar-refractivity contribution in [3.8, 4) is 17.0 Å². The maximum Gasteiger partial charge on any atom is 0.278 e. The van der Waals surface area contributed by atoms with Gasteiger partial charge in [-0.05, 0) is 65.3 Å². The molecule has 2 aliphatic heterocycles. The van der Waals surface area contributed by atoms with Crippen LogP contribution in [0.4, 0.5) is 11.5 Å². The lowest BCUT2D eigenvalue weighted by atomic mass is 9.94. The minimum atomic E-state index is -3.83. The van der Waals surface area contributed by atoms with Crippen LogP contribution >= 0.6 is 0 Å². The van der Waals surface area contributed by atoms with Crippen molar-refractivity contribution in [3.05, 3.63) is 59.9 Å². The van der Waals surface area contributed by atoms with Crippen molar-refractivity contribution >= 4 is 27.2 Å². The molecular weight excluding hydrogens is 558 g/mol. The molecule has 1 aromatic heterocycles. The van der Waals surface area contributed by atoms with Crippen LogP contribution in [0.5, 0.6) is 5.75 Å². The Kier molecular flexibility index (Phi) is 9.51. The number of rotatable bonds is 2. The van der Waals surface area contributed by atoms with Gasteiger partial charge < -0.3 is 30.9 Å². The number of benzene rings is 2. The molecule has 0 saturated heterocycles. The van der Waals surface area contributed by atoms with Crippen molar-refractivity contribution in [1.29, 1.82) is 0 Å². The summed E-state index contributed by atoms with van der Waals surface area (Å²) in [5.74, 6) is -0.0719. The van der Waals surface area contributed by atoms with Crippen molar-refractivity contribution in [3.63, 3.8) is 0 Å². The highest BCUT2D eigenvalue weighted by Gasteiger charge is 2.41. The van der Waals surface area contributed by atoms with Crippen LogP contribution in [0.1, 0.15) is 56.1 Å². The van der Waals surface area contributed by atoms with E-state index in [2.05, 4.69) is 20.6 Å². The summed E-state index contributed by atoms with van der Waals surface area (Å²) in [7, 11) is -2.01. The first-order valence-corrected chi connectivity index (χ1v) is 15.3. The first-order chi connectivity index (χ1) is 19.8. The van der Waals surface area contributed by atoms with E-state index >= 15 is 0 Å². The molecule has 226 valence electrons. The smallest absolute Gasteiger partial charge is 0.278 e. The highest BCUT2D eigenvalue weighted by molar-refractivity contribution is 7.92. The zero-order valence-corrected chi connectivity index (χ0v) is 25.3. The molecule has 2 aliphatic rings. The molecule has 5 rings (SSSR count). The Hall–Kier alpha value is -3.58. The van der Waals surface area contributed by atoms with Crippen LogP contribution in [0.15, 0.2) is 53.6 Å². The molecular formula is C30H39N5O6S. The number of hydrogen-bond donors (Lipinski definition) is 4. The van der Waals surface area contributed by atoms with Gasteiger partial charge in [-0.3, -0.25) is 4.79 Å². The van der Waals surface area contributed by atoms with Crippen LogP contribution in [-0.4, -0.2) is 66.6 Å².